The zero-order valence-corrected chi connectivity index (χ0v) is 9.73. The van der Waals surface area contributed by atoms with E-state index in [9.17, 15) is 0 Å². The molecule has 0 fully saturated rings. The smallest absolute Gasteiger partial charge is 0.174 e. The Balaban J connectivity index is 1.79. The second-order valence-electron chi connectivity index (χ2n) is 4.11. The minimum absolute atomic E-state index is 0.103. The Hall–Kier alpha value is -1.79. The number of nitrogens with zero attached hydrogens (tertiary/aromatic N) is 1. The lowest BCUT2D eigenvalue weighted by atomic mass is 10.2. The van der Waals surface area contributed by atoms with Crippen molar-refractivity contribution in [3.8, 4) is 11.8 Å². The third-order valence-corrected chi connectivity index (χ3v) is 2.83. The summed E-state index contributed by atoms with van der Waals surface area (Å²) in [5, 5.41) is 11.9. The second kappa shape index (κ2) is 6.07. The predicted molar refractivity (Wildman–Crippen MR) is 66.6 cm³/mol. The van der Waals surface area contributed by atoms with E-state index in [1.54, 1.807) is 0 Å². The van der Waals surface area contributed by atoms with Crippen LogP contribution < -0.4 is 10.1 Å². The molecule has 1 N–H and O–H groups in total. The number of hydrogen-bond acceptors (Lipinski definition) is 3. The minimum atomic E-state index is 0.103. The molecule has 0 saturated heterocycles. The van der Waals surface area contributed by atoms with Gasteiger partial charge in [0.25, 0.3) is 0 Å². The quantitative estimate of drug-likeness (QED) is 0.787. The molecule has 0 amide bonds. The van der Waals surface area contributed by atoms with Crippen molar-refractivity contribution in [1.82, 2.24) is 5.32 Å². The maximum absolute atomic E-state index is 8.40. The maximum atomic E-state index is 8.40. The van der Waals surface area contributed by atoms with Crippen LogP contribution in [-0.2, 0) is 6.54 Å². The topological polar surface area (TPSA) is 45.0 Å². The molecule has 1 aliphatic rings. The third kappa shape index (κ3) is 3.61. The molecular formula is C14H16N2O. The molecule has 0 radical (unpaired) electrons. The Kier molecular flexibility index (Phi) is 4.17. The molecule has 0 unspecified atom stereocenters. The SMILES string of the molecule is N#CCOc1ccc(CNC2CC=CC2)cc1. The fourth-order valence-electron chi connectivity index (χ4n) is 1.87. The van der Waals surface area contributed by atoms with Gasteiger partial charge in [-0.15, -0.1) is 0 Å². The standard InChI is InChI=1S/C14H16N2O/c15-9-10-17-14-7-5-12(6-8-14)11-16-13-3-1-2-4-13/h1-2,5-8,13,16H,3-4,10-11H2. The summed E-state index contributed by atoms with van der Waals surface area (Å²) in [5.41, 5.74) is 1.24. The van der Waals surface area contributed by atoms with Crippen molar-refractivity contribution in [2.24, 2.45) is 0 Å². The highest BCUT2D eigenvalue weighted by atomic mass is 16.5. The van der Waals surface area contributed by atoms with Crippen molar-refractivity contribution in [2.45, 2.75) is 25.4 Å². The van der Waals surface area contributed by atoms with Gasteiger partial charge in [0, 0.05) is 12.6 Å². The average molecular weight is 228 g/mol. The fourth-order valence-corrected chi connectivity index (χ4v) is 1.87. The first-order valence-electron chi connectivity index (χ1n) is 5.85. The van der Waals surface area contributed by atoms with Gasteiger partial charge >= 0.3 is 0 Å². The lowest BCUT2D eigenvalue weighted by Crippen LogP contribution is -2.25. The zero-order chi connectivity index (χ0) is 11.9. The molecule has 1 aromatic rings. The van der Waals surface area contributed by atoms with Gasteiger partial charge in [-0.2, -0.15) is 5.26 Å². The first kappa shape index (κ1) is 11.7. The molecule has 1 aliphatic carbocycles. The Morgan fingerprint density at radius 1 is 1.24 bits per heavy atom. The van der Waals surface area contributed by atoms with Crippen molar-refractivity contribution >= 4 is 0 Å². The van der Waals surface area contributed by atoms with Crippen molar-refractivity contribution in [3.63, 3.8) is 0 Å². The third-order valence-electron chi connectivity index (χ3n) is 2.83. The van der Waals surface area contributed by atoms with Gasteiger partial charge in [0.1, 0.15) is 11.8 Å². The van der Waals surface area contributed by atoms with Gasteiger partial charge in [-0.3, -0.25) is 0 Å². The van der Waals surface area contributed by atoms with Crippen LogP contribution in [0.1, 0.15) is 18.4 Å². The number of benzene rings is 1. The van der Waals surface area contributed by atoms with Crippen molar-refractivity contribution in [3.05, 3.63) is 42.0 Å². The lowest BCUT2D eigenvalue weighted by molar-refractivity contribution is 0.368. The molecular weight excluding hydrogens is 212 g/mol. The number of nitriles is 1. The lowest BCUT2D eigenvalue weighted by Gasteiger charge is -2.12. The van der Waals surface area contributed by atoms with E-state index in [0.717, 1.165) is 25.1 Å². The van der Waals surface area contributed by atoms with Crippen LogP contribution in [0.5, 0.6) is 5.75 Å². The van der Waals surface area contributed by atoms with Gasteiger partial charge in [-0.05, 0) is 30.5 Å². The summed E-state index contributed by atoms with van der Waals surface area (Å²) < 4.78 is 5.20. The van der Waals surface area contributed by atoms with Crippen LogP contribution in [0.2, 0.25) is 0 Å². The molecule has 0 saturated carbocycles. The summed E-state index contributed by atoms with van der Waals surface area (Å²) in [4.78, 5) is 0. The van der Waals surface area contributed by atoms with Crippen LogP contribution >= 0.6 is 0 Å². The van der Waals surface area contributed by atoms with Crippen LogP contribution in [-0.4, -0.2) is 12.6 Å². The van der Waals surface area contributed by atoms with Crippen molar-refractivity contribution in [2.75, 3.05) is 6.61 Å². The molecule has 0 aliphatic heterocycles. The molecule has 88 valence electrons. The monoisotopic (exact) mass is 228 g/mol. The van der Waals surface area contributed by atoms with Gasteiger partial charge in [0.05, 0.1) is 0 Å². The molecule has 1 aromatic carbocycles. The summed E-state index contributed by atoms with van der Waals surface area (Å²) in [6.07, 6.45) is 6.69. The summed E-state index contributed by atoms with van der Waals surface area (Å²) >= 11 is 0. The molecule has 0 atom stereocenters. The Bertz CT molecular complexity index is 409. The molecule has 0 heterocycles. The van der Waals surface area contributed by atoms with Gasteiger partial charge < -0.3 is 10.1 Å². The summed E-state index contributed by atoms with van der Waals surface area (Å²) in [5.74, 6) is 0.748. The van der Waals surface area contributed by atoms with E-state index in [2.05, 4.69) is 17.5 Å². The Morgan fingerprint density at radius 2 is 1.94 bits per heavy atom. The number of hydrogen-bond donors (Lipinski definition) is 1. The van der Waals surface area contributed by atoms with E-state index in [-0.39, 0.29) is 6.61 Å². The highest BCUT2D eigenvalue weighted by molar-refractivity contribution is 5.27. The van der Waals surface area contributed by atoms with E-state index >= 15 is 0 Å². The number of nitrogens with one attached hydrogen (secondary N) is 1. The Morgan fingerprint density at radius 3 is 2.59 bits per heavy atom. The van der Waals surface area contributed by atoms with E-state index in [0.29, 0.717) is 6.04 Å². The number of ether oxygens (including phenoxy) is 1. The van der Waals surface area contributed by atoms with Crippen LogP contribution in [0.15, 0.2) is 36.4 Å². The average Bonchev–Trinajstić information content (AvgIpc) is 2.88. The van der Waals surface area contributed by atoms with E-state index in [4.69, 9.17) is 10.00 Å². The molecule has 0 spiro atoms. The molecule has 2 rings (SSSR count). The van der Waals surface area contributed by atoms with E-state index < -0.39 is 0 Å². The summed E-state index contributed by atoms with van der Waals surface area (Å²) in [7, 11) is 0. The first-order valence-corrected chi connectivity index (χ1v) is 5.85. The molecule has 3 heteroatoms. The highest BCUT2D eigenvalue weighted by Crippen LogP contribution is 2.13. The van der Waals surface area contributed by atoms with E-state index in [1.165, 1.54) is 5.56 Å². The van der Waals surface area contributed by atoms with Gasteiger partial charge in [0.2, 0.25) is 0 Å². The largest absolute Gasteiger partial charge is 0.479 e. The predicted octanol–water partition coefficient (Wildman–Crippen LogP) is 2.40. The number of rotatable bonds is 5. The van der Waals surface area contributed by atoms with Gasteiger partial charge in [0.15, 0.2) is 6.61 Å². The van der Waals surface area contributed by atoms with E-state index in [1.807, 2.05) is 30.3 Å². The van der Waals surface area contributed by atoms with Crippen LogP contribution in [0.3, 0.4) is 0 Å². The van der Waals surface area contributed by atoms with Crippen LogP contribution in [0, 0.1) is 11.3 Å². The summed E-state index contributed by atoms with van der Waals surface area (Å²) in [6, 6.07) is 10.4. The second-order valence-corrected chi connectivity index (χ2v) is 4.11. The van der Waals surface area contributed by atoms with Crippen LogP contribution in [0.4, 0.5) is 0 Å². The van der Waals surface area contributed by atoms with Crippen LogP contribution in [0.25, 0.3) is 0 Å². The van der Waals surface area contributed by atoms with Gasteiger partial charge in [-0.25, -0.2) is 0 Å². The molecule has 3 nitrogen and oxygen atoms in total. The normalized spacial score (nSPS) is 14.8. The van der Waals surface area contributed by atoms with Gasteiger partial charge in [-0.1, -0.05) is 24.3 Å². The highest BCUT2D eigenvalue weighted by Gasteiger charge is 2.08. The maximum Gasteiger partial charge on any atom is 0.174 e. The minimum Gasteiger partial charge on any atom is -0.479 e. The Labute approximate surface area is 102 Å². The molecule has 0 bridgehead atoms. The van der Waals surface area contributed by atoms with Crippen molar-refractivity contribution in [1.29, 1.82) is 5.26 Å². The zero-order valence-electron chi connectivity index (χ0n) is 9.73. The first-order chi connectivity index (χ1) is 8.38. The summed E-state index contributed by atoms with van der Waals surface area (Å²) in [6.45, 7) is 0.982. The molecule has 0 aromatic heterocycles. The fraction of sp³-hybridized carbons (Fsp3) is 0.357. The molecule has 17 heavy (non-hydrogen) atoms. The van der Waals surface area contributed by atoms with Crippen molar-refractivity contribution < 1.29 is 4.74 Å².